The van der Waals surface area contributed by atoms with Crippen LogP contribution in [0.5, 0.6) is 5.75 Å². The minimum Gasteiger partial charge on any atom is -0.496 e. The fourth-order valence-corrected chi connectivity index (χ4v) is 3.20. The number of carbonyl (C=O) groups is 2. The van der Waals surface area contributed by atoms with Gasteiger partial charge in [-0.05, 0) is 39.8 Å². The number of aromatic nitrogens is 1. The number of halogens is 1. The number of nitrogen functional groups attached to an aromatic ring is 1. The van der Waals surface area contributed by atoms with Gasteiger partial charge in [0.05, 0.1) is 17.8 Å². The maximum atomic E-state index is 12.5. The van der Waals surface area contributed by atoms with Crippen molar-refractivity contribution in [3.8, 4) is 5.75 Å². The van der Waals surface area contributed by atoms with E-state index in [1.165, 1.54) is 19.2 Å². The first-order chi connectivity index (χ1) is 12.2. The van der Waals surface area contributed by atoms with Crippen molar-refractivity contribution in [2.45, 2.75) is 33.7 Å². The molecule has 0 spiro atoms. The molecule has 2 N–H and O–H groups in total. The molecule has 0 aliphatic carbocycles. The monoisotopic (exact) mass is 378 g/mol. The van der Waals surface area contributed by atoms with E-state index in [9.17, 15) is 9.59 Å². The third kappa shape index (κ3) is 3.85. The first-order valence-electron chi connectivity index (χ1n) is 8.19. The maximum Gasteiger partial charge on any atom is 0.342 e. The molecule has 0 unspecified atom stereocenters. The van der Waals surface area contributed by atoms with Gasteiger partial charge in [0.25, 0.3) is 0 Å². The van der Waals surface area contributed by atoms with Crippen LogP contribution in [-0.2, 0) is 4.74 Å². The Labute approximate surface area is 157 Å². The van der Waals surface area contributed by atoms with Gasteiger partial charge in [-0.25, -0.2) is 4.79 Å². The number of benzene rings is 1. The minimum atomic E-state index is -0.699. The van der Waals surface area contributed by atoms with Crippen molar-refractivity contribution in [3.05, 3.63) is 45.7 Å². The fraction of sp³-hybridized carbons (Fsp3) is 0.368. The third-order valence-electron chi connectivity index (χ3n) is 4.17. The molecule has 1 aromatic heterocycles. The standard InChI is InChI=1S/C19H23ClN2O4/c1-10(2)22-11(3)6-13(12(22)4)17(23)9-26-19(24)14-7-15(20)16(21)8-18(14)25-5/h6-8,10H,9,21H2,1-5H3. The maximum absolute atomic E-state index is 12.5. The average Bonchev–Trinajstić information content (AvgIpc) is 2.88. The lowest BCUT2D eigenvalue weighted by Gasteiger charge is -2.13. The second kappa shape index (κ2) is 7.83. The van der Waals surface area contributed by atoms with Crippen LogP contribution in [0.25, 0.3) is 0 Å². The van der Waals surface area contributed by atoms with Crippen molar-refractivity contribution in [1.82, 2.24) is 4.57 Å². The van der Waals surface area contributed by atoms with Gasteiger partial charge in [-0.15, -0.1) is 0 Å². The molecule has 140 valence electrons. The van der Waals surface area contributed by atoms with Crippen molar-refractivity contribution in [2.75, 3.05) is 19.5 Å². The van der Waals surface area contributed by atoms with E-state index in [0.29, 0.717) is 5.56 Å². The summed E-state index contributed by atoms with van der Waals surface area (Å²) in [6, 6.07) is 4.86. The van der Waals surface area contributed by atoms with Gasteiger partial charge in [-0.3, -0.25) is 4.79 Å². The zero-order chi connectivity index (χ0) is 19.6. The summed E-state index contributed by atoms with van der Waals surface area (Å²) in [6.07, 6.45) is 0. The van der Waals surface area contributed by atoms with E-state index in [0.717, 1.165) is 11.4 Å². The summed E-state index contributed by atoms with van der Waals surface area (Å²) < 4.78 is 12.4. The summed E-state index contributed by atoms with van der Waals surface area (Å²) in [4.78, 5) is 24.8. The molecule has 26 heavy (non-hydrogen) atoms. The van der Waals surface area contributed by atoms with Crippen LogP contribution >= 0.6 is 11.6 Å². The molecule has 0 aliphatic heterocycles. The lowest BCUT2D eigenvalue weighted by Crippen LogP contribution is -2.16. The summed E-state index contributed by atoms with van der Waals surface area (Å²) >= 11 is 5.96. The van der Waals surface area contributed by atoms with Crippen LogP contribution in [0.4, 0.5) is 5.69 Å². The van der Waals surface area contributed by atoms with Gasteiger partial charge in [0.2, 0.25) is 5.78 Å². The summed E-state index contributed by atoms with van der Waals surface area (Å²) in [6.45, 7) is 7.55. The highest BCUT2D eigenvalue weighted by Gasteiger charge is 2.21. The van der Waals surface area contributed by atoms with Crippen LogP contribution in [0.15, 0.2) is 18.2 Å². The van der Waals surface area contributed by atoms with E-state index < -0.39 is 5.97 Å². The molecule has 0 bridgehead atoms. The van der Waals surface area contributed by atoms with E-state index in [1.807, 2.05) is 33.8 Å². The van der Waals surface area contributed by atoms with Gasteiger partial charge in [0, 0.05) is 29.1 Å². The number of rotatable bonds is 6. The number of hydrogen-bond donors (Lipinski definition) is 1. The quantitative estimate of drug-likeness (QED) is 0.467. The van der Waals surface area contributed by atoms with Crippen molar-refractivity contribution >= 4 is 29.0 Å². The largest absolute Gasteiger partial charge is 0.496 e. The lowest BCUT2D eigenvalue weighted by atomic mass is 10.1. The van der Waals surface area contributed by atoms with Crippen molar-refractivity contribution in [3.63, 3.8) is 0 Å². The average molecular weight is 379 g/mol. The Balaban J connectivity index is 2.17. The second-order valence-electron chi connectivity index (χ2n) is 6.32. The van der Waals surface area contributed by atoms with Crippen LogP contribution in [0.3, 0.4) is 0 Å². The number of nitrogens with zero attached hydrogens (tertiary/aromatic N) is 1. The Hall–Kier alpha value is -2.47. The first-order valence-corrected chi connectivity index (χ1v) is 8.56. The third-order valence-corrected chi connectivity index (χ3v) is 4.50. The van der Waals surface area contributed by atoms with Gasteiger partial charge in [-0.1, -0.05) is 11.6 Å². The molecule has 1 heterocycles. The Bertz CT molecular complexity index is 856. The van der Waals surface area contributed by atoms with E-state index >= 15 is 0 Å². The summed E-state index contributed by atoms with van der Waals surface area (Å²) in [7, 11) is 1.41. The zero-order valence-corrected chi connectivity index (χ0v) is 16.3. The number of aryl methyl sites for hydroxylation is 1. The molecule has 7 heteroatoms. The number of carbonyl (C=O) groups excluding carboxylic acids is 2. The zero-order valence-electron chi connectivity index (χ0n) is 15.6. The van der Waals surface area contributed by atoms with Gasteiger partial charge < -0.3 is 19.8 Å². The fourth-order valence-electron chi connectivity index (χ4n) is 3.04. The molecule has 6 nitrogen and oxygen atoms in total. The summed E-state index contributed by atoms with van der Waals surface area (Å²) in [5.74, 6) is -0.726. The predicted molar refractivity (Wildman–Crippen MR) is 101 cm³/mol. The van der Waals surface area contributed by atoms with Gasteiger partial charge in [0.15, 0.2) is 6.61 Å². The highest BCUT2D eigenvalue weighted by molar-refractivity contribution is 6.33. The van der Waals surface area contributed by atoms with Crippen molar-refractivity contribution < 1.29 is 19.1 Å². The molecule has 0 aliphatic rings. The number of Topliss-reactive ketones (excluding diaryl/α,β-unsaturated/α-hetero) is 1. The van der Waals surface area contributed by atoms with Crippen LogP contribution < -0.4 is 10.5 Å². The molecule has 0 amide bonds. The number of ether oxygens (including phenoxy) is 2. The number of esters is 1. The second-order valence-corrected chi connectivity index (χ2v) is 6.73. The minimum absolute atomic E-state index is 0.118. The molecular weight excluding hydrogens is 356 g/mol. The van der Waals surface area contributed by atoms with Gasteiger partial charge in [0.1, 0.15) is 11.3 Å². The lowest BCUT2D eigenvalue weighted by molar-refractivity contribution is 0.0471. The van der Waals surface area contributed by atoms with Crippen LogP contribution in [0.1, 0.15) is 52.0 Å². The molecule has 2 aromatic rings. The predicted octanol–water partition coefficient (Wildman–Crippen LogP) is 3.97. The van der Waals surface area contributed by atoms with E-state index in [1.54, 1.807) is 0 Å². The highest BCUT2D eigenvalue weighted by atomic mass is 35.5. The molecule has 0 radical (unpaired) electrons. The van der Waals surface area contributed by atoms with E-state index in [-0.39, 0.29) is 40.5 Å². The Kier molecular flexibility index (Phi) is 5.97. The number of hydrogen-bond acceptors (Lipinski definition) is 5. The van der Waals surface area contributed by atoms with E-state index in [2.05, 4.69) is 4.57 Å². The van der Waals surface area contributed by atoms with Crippen molar-refractivity contribution in [1.29, 1.82) is 0 Å². The van der Waals surface area contributed by atoms with Gasteiger partial charge in [-0.2, -0.15) is 0 Å². The van der Waals surface area contributed by atoms with Gasteiger partial charge >= 0.3 is 5.97 Å². The number of methoxy groups -OCH3 is 1. The molecule has 0 atom stereocenters. The Morgan fingerprint density at radius 3 is 2.38 bits per heavy atom. The summed E-state index contributed by atoms with van der Waals surface area (Å²) in [5.41, 5.74) is 8.49. The summed E-state index contributed by atoms with van der Waals surface area (Å²) in [5, 5.41) is 0.213. The molecule has 0 saturated heterocycles. The molecular formula is C19H23ClN2O4. The highest BCUT2D eigenvalue weighted by Crippen LogP contribution is 2.29. The molecule has 0 saturated carbocycles. The van der Waals surface area contributed by atoms with E-state index in [4.69, 9.17) is 26.8 Å². The number of ketones is 1. The normalized spacial score (nSPS) is 10.9. The molecule has 2 rings (SSSR count). The van der Waals surface area contributed by atoms with Crippen LogP contribution in [0, 0.1) is 13.8 Å². The van der Waals surface area contributed by atoms with Crippen molar-refractivity contribution in [2.24, 2.45) is 0 Å². The first kappa shape index (κ1) is 19.8. The molecule has 0 fully saturated rings. The topological polar surface area (TPSA) is 83.6 Å². The number of anilines is 1. The van der Waals surface area contributed by atoms with Crippen LogP contribution in [-0.4, -0.2) is 30.0 Å². The molecule has 1 aromatic carbocycles. The smallest absolute Gasteiger partial charge is 0.342 e. The number of nitrogens with two attached hydrogens (primary N) is 1. The SMILES string of the molecule is COc1cc(N)c(Cl)cc1C(=O)OCC(=O)c1cc(C)n(C(C)C)c1C. The Morgan fingerprint density at radius 1 is 1.19 bits per heavy atom. The van der Waals surface area contributed by atoms with Crippen LogP contribution in [0.2, 0.25) is 5.02 Å². The Morgan fingerprint density at radius 2 is 1.85 bits per heavy atom.